The first-order valence-electron chi connectivity index (χ1n) is 12.0. The fraction of sp³-hybridized carbons (Fsp3) is 0.143. The molecule has 0 aliphatic heterocycles. The van der Waals surface area contributed by atoms with Crippen LogP contribution in [0.3, 0.4) is 0 Å². The van der Waals surface area contributed by atoms with E-state index in [4.69, 9.17) is 12.2 Å². The first-order chi connectivity index (χ1) is 18.7. The van der Waals surface area contributed by atoms with Gasteiger partial charge in [-0.15, -0.1) is 13.2 Å². The molecule has 3 aromatic carbocycles. The summed E-state index contributed by atoms with van der Waals surface area (Å²) in [5.41, 5.74) is 8.45. The number of halogens is 3. The Morgan fingerprint density at radius 3 is 2.54 bits per heavy atom. The van der Waals surface area contributed by atoms with E-state index in [1.165, 1.54) is 24.3 Å². The van der Waals surface area contributed by atoms with Gasteiger partial charge in [-0.25, -0.2) is 4.98 Å². The Morgan fingerprint density at radius 1 is 1.03 bits per heavy atom. The number of fused-ring (bicyclic) bond motifs is 3. The number of ether oxygens (including phenoxy) is 1. The summed E-state index contributed by atoms with van der Waals surface area (Å²) in [6.07, 6.45) is 0.175. The number of hydrogen-bond acceptors (Lipinski definition) is 5. The van der Waals surface area contributed by atoms with Crippen LogP contribution in [0.5, 0.6) is 5.75 Å². The van der Waals surface area contributed by atoms with Crippen LogP contribution in [0.4, 0.5) is 18.9 Å². The highest BCUT2D eigenvalue weighted by Crippen LogP contribution is 2.28. The van der Waals surface area contributed by atoms with Gasteiger partial charge in [-0.1, -0.05) is 38.1 Å². The number of alkyl halides is 3. The van der Waals surface area contributed by atoms with Crippen molar-refractivity contribution in [3.05, 3.63) is 90.4 Å². The minimum absolute atomic E-state index is 0.289. The molecule has 0 saturated heterocycles. The van der Waals surface area contributed by atoms with Crippen molar-refractivity contribution < 1.29 is 17.9 Å². The highest BCUT2D eigenvalue weighted by molar-refractivity contribution is 7.80. The highest BCUT2D eigenvalue weighted by atomic mass is 32.1. The molecular weight excluding hydrogens is 525 g/mol. The number of para-hydroxylation sites is 1. The van der Waals surface area contributed by atoms with Crippen LogP contribution in [-0.2, 0) is 0 Å². The van der Waals surface area contributed by atoms with E-state index in [0.717, 1.165) is 27.7 Å². The maximum absolute atomic E-state index is 12.5. The van der Waals surface area contributed by atoms with Crippen LogP contribution in [-0.4, -0.2) is 32.2 Å². The molecule has 0 atom stereocenters. The van der Waals surface area contributed by atoms with Crippen LogP contribution >= 0.6 is 12.2 Å². The zero-order valence-corrected chi connectivity index (χ0v) is 21.7. The average Bonchev–Trinajstić information content (AvgIpc) is 3.33. The topological polar surface area (TPSA) is 76.4 Å². The van der Waals surface area contributed by atoms with Crippen molar-refractivity contribution in [1.82, 2.24) is 20.0 Å². The van der Waals surface area contributed by atoms with Crippen LogP contribution < -0.4 is 15.5 Å². The van der Waals surface area contributed by atoms with Gasteiger partial charge in [0.15, 0.2) is 5.11 Å². The summed E-state index contributed by atoms with van der Waals surface area (Å²) in [5, 5.41) is 8.65. The second-order valence-corrected chi connectivity index (χ2v) is 9.40. The number of aromatic nitrogens is 3. The van der Waals surface area contributed by atoms with Gasteiger partial charge >= 0.3 is 6.36 Å². The van der Waals surface area contributed by atoms with Gasteiger partial charge in [0.25, 0.3) is 0 Å². The lowest BCUT2D eigenvalue weighted by atomic mass is 10.0. The fourth-order valence-corrected chi connectivity index (χ4v) is 4.37. The van der Waals surface area contributed by atoms with Crippen molar-refractivity contribution in [2.75, 3.05) is 5.32 Å². The smallest absolute Gasteiger partial charge is 0.406 e. The highest BCUT2D eigenvalue weighted by Gasteiger charge is 2.31. The number of pyridine rings is 1. The molecule has 0 radical (unpaired) electrons. The Bertz CT molecular complexity index is 1680. The van der Waals surface area contributed by atoms with Gasteiger partial charge in [-0.05, 0) is 66.2 Å². The largest absolute Gasteiger partial charge is 0.573 e. The van der Waals surface area contributed by atoms with Crippen LogP contribution in [0.15, 0.2) is 84.4 Å². The van der Waals surface area contributed by atoms with E-state index in [0.29, 0.717) is 27.8 Å². The molecule has 0 aliphatic carbocycles. The van der Waals surface area contributed by atoms with Crippen LogP contribution in [0.2, 0.25) is 0 Å². The molecule has 0 unspecified atom stereocenters. The second kappa shape index (κ2) is 10.7. The number of hydrazone groups is 1. The summed E-state index contributed by atoms with van der Waals surface area (Å²) < 4.78 is 43.1. The second-order valence-electron chi connectivity index (χ2n) is 9.00. The molecule has 2 aromatic heterocycles. The minimum atomic E-state index is -4.74. The zero-order chi connectivity index (χ0) is 27.6. The van der Waals surface area contributed by atoms with Gasteiger partial charge < -0.3 is 10.1 Å². The van der Waals surface area contributed by atoms with Crippen molar-refractivity contribution in [2.24, 2.45) is 5.10 Å². The molecule has 0 amide bonds. The number of imidazole rings is 1. The molecule has 0 spiro atoms. The number of nitrogens with zero attached hydrogens (tertiary/aromatic N) is 4. The molecule has 2 heterocycles. The van der Waals surface area contributed by atoms with Gasteiger partial charge in [-0.2, -0.15) is 5.10 Å². The number of benzene rings is 3. The van der Waals surface area contributed by atoms with E-state index >= 15 is 0 Å². The Kier molecular flexibility index (Phi) is 7.16. The maximum Gasteiger partial charge on any atom is 0.573 e. The summed E-state index contributed by atoms with van der Waals surface area (Å²) in [6, 6.07) is 19.3. The molecule has 5 rings (SSSR count). The Labute approximate surface area is 227 Å². The molecule has 7 nitrogen and oxygen atoms in total. The molecule has 0 saturated carbocycles. The molecule has 0 fully saturated rings. The predicted molar refractivity (Wildman–Crippen MR) is 151 cm³/mol. The quantitative estimate of drug-likeness (QED) is 0.136. The molecule has 0 aliphatic rings. The third kappa shape index (κ3) is 5.99. The standard InChI is InChI=1S/C28H23F3N6OS/c1-17(2)22-5-3-4-6-23(22)35-27(39)36-34-15-18-13-19-7-12-24-26(25(19)32-14-18)33-16-37(24)20-8-10-21(11-9-20)38-28(29,30)31/h3-17H,1-2H3,(H2,35,36,39). The summed E-state index contributed by atoms with van der Waals surface area (Å²) in [4.78, 5) is 9.08. The van der Waals surface area contributed by atoms with Crippen molar-refractivity contribution in [2.45, 2.75) is 26.1 Å². The monoisotopic (exact) mass is 548 g/mol. The van der Waals surface area contributed by atoms with Crippen molar-refractivity contribution in [1.29, 1.82) is 0 Å². The molecular formula is C28H23F3N6OS. The first kappa shape index (κ1) is 26.1. The lowest BCUT2D eigenvalue weighted by Gasteiger charge is -2.14. The van der Waals surface area contributed by atoms with Gasteiger partial charge in [0.1, 0.15) is 17.6 Å². The van der Waals surface area contributed by atoms with Crippen LogP contribution in [0, 0.1) is 0 Å². The molecule has 5 aromatic rings. The Morgan fingerprint density at radius 2 is 1.79 bits per heavy atom. The maximum atomic E-state index is 12.5. The lowest BCUT2D eigenvalue weighted by molar-refractivity contribution is -0.274. The van der Waals surface area contributed by atoms with Gasteiger partial charge in [0, 0.05) is 28.5 Å². The van der Waals surface area contributed by atoms with Crippen molar-refractivity contribution in [3.8, 4) is 11.4 Å². The van der Waals surface area contributed by atoms with E-state index in [1.54, 1.807) is 23.3 Å². The Hall–Kier alpha value is -4.51. The SMILES string of the molecule is CC(C)c1ccccc1NC(=S)NN=Cc1cnc2c(ccc3c2ncn3-c2ccc(OC(F)(F)F)cc2)c1. The van der Waals surface area contributed by atoms with Gasteiger partial charge in [0.05, 0.1) is 17.2 Å². The van der Waals surface area contributed by atoms with E-state index in [1.807, 2.05) is 36.4 Å². The first-order valence-corrected chi connectivity index (χ1v) is 12.4. The molecule has 11 heteroatoms. The third-order valence-corrected chi connectivity index (χ3v) is 6.14. The van der Waals surface area contributed by atoms with Gasteiger partial charge in [-0.3, -0.25) is 15.0 Å². The number of nitrogens with one attached hydrogen (secondary N) is 2. The Balaban J connectivity index is 1.31. The number of hydrogen-bond donors (Lipinski definition) is 2. The number of rotatable bonds is 6. The predicted octanol–water partition coefficient (Wildman–Crippen LogP) is 6.92. The van der Waals surface area contributed by atoms with Crippen LogP contribution in [0.1, 0.15) is 30.9 Å². The number of thiocarbonyl (C=S) groups is 1. The molecule has 0 bridgehead atoms. The fourth-order valence-electron chi connectivity index (χ4n) is 4.21. The van der Waals surface area contributed by atoms with Crippen molar-refractivity contribution >= 4 is 51.2 Å². The summed E-state index contributed by atoms with van der Waals surface area (Å²) in [5.74, 6) is 0.0587. The van der Waals surface area contributed by atoms with E-state index in [2.05, 4.69) is 50.5 Å². The number of anilines is 1. The average molecular weight is 549 g/mol. The molecule has 2 N–H and O–H groups in total. The third-order valence-electron chi connectivity index (χ3n) is 5.95. The summed E-state index contributed by atoms with van der Waals surface area (Å²) >= 11 is 5.38. The van der Waals surface area contributed by atoms with Crippen LogP contribution in [0.25, 0.3) is 27.6 Å². The van der Waals surface area contributed by atoms with E-state index < -0.39 is 6.36 Å². The lowest BCUT2D eigenvalue weighted by Crippen LogP contribution is -2.24. The zero-order valence-electron chi connectivity index (χ0n) is 20.9. The van der Waals surface area contributed by atoms with E-state index in [9.17, 15) is 13.2 Å². The normalized spacial score (nSPS) is 11.9. The van der Waals surface area contributed by atoms with Gasteiger partial charge in [0.2, 0.25) is 0 Å². The van der Waals surface area contributed by atoms with Crippen molar-refractivity contribution in [3.63, 3.8) is 0 Å². The minimum Gasteiger partial charge on any atom is -0.406 e. The summed E-state index contributed by atoms with van der Waals surface area (Å²) in [7, 11) is 0. The molecule has 198 valence electrons. The van der Waals surface area contributed by atoms with E-state index in [-0.39, 0.29) is 5.75 Å². The summed E-state index contributed by atoms with van der Waals surface area (Å²) in [6.45, 7) is 4.24. The molecule has 39 heavy (non-hydrogen) atoms.